The summed E-state index contributed by atoms with van der Waals surface area (Å²) in [4.78, 5) is 11.7. The van der Waals surface area contributed by atoms with Gasteiger partial charge in [-0.1, -0.05) is 27.7 Å². The minimum absolute atomic E-state index is 0.116. The fourth-order valence-electron chi connectivity index (χ4n) is 1.84. The molecule has 5 nitrogen and oxygen atoms in total. The molecular formula is C15H17F4N5. The van der Waals surface area contributed by atoms with Crippen LogP contribution in [0.2, 0.25) is 0 Å². The number of hydrogen-bond donors (Lipinski definition) is 2. The molecule has 9 heteroatoms. The fraction of sp³-hybridized carbons (Fsp3) is 0.400. The van der Waals surface area contributed by atoms with Gasteiger partial charge in [0.1, 0.15) is 11.5 Å². The molecule has 0 spiro atoms. The number of hydrogen-bond acceptors (Lipinski definition) is 5. The zero-order valence-corrected chi connectivity index (χ0v) is 13.6. The molecule has 1 atom stereocenters. The second-order valence-electron chi connectivity index (χ2n) is 6.43. The molecule has 0 radical (unpaired) electrons. The molecule has 2 rings (SSSR count). The Morgan fingerprint density at radius 3 is 2.04 bits per heavy atom. The van der Waals surface area contributed by atoms with Crippen LogP contribution < -0.4 is 11.1 Å². The van der Waals surface area contributed by atoms with Crippen LogP contribution in [0.15, 0.2) is 6.07 Å². The van der Waals surface area contributed by atoms with Crippen molar-refractivity contribution in [3.05, 3.63) is 35.2 Å². The van der Waals surface area contributed by atoms with E-state index in [0.717, 1.165) is 0 Å². The number of nitrogens with one attached hydrogen (secondary N) is 1. The zero-order chi connectivity index (χ0) is 18.2. The van der Waals surface area contributed by atoms with Crippen molar-refractivity contribution in [3.63, 3.8) is 0 Å². The van der Waals surface area contributed by atoms with E-state index in [-0.39, 0.29) is 35.1 Å². The van der Waals surface area contributed by atoms with Crippen molar-refractivity contribution >= 4 is 17.6 Å². The molecule has 0 saturated carbocycles. The van der Waals surface area contributed by atoms with Crippen LogP contribution in [0.3, 0.4) is 0 Å². The summed E-state index contributed by atoms with van der Waals surface area (Å²) in [6.45, 7) is 7.70. The molecular weight excluding hydrogens is 326 g/mol. The summed E-state index contributed by atoms with van der Waals surface area (Å²) in [6, 6.07) is 0.116. The standard InChI is InChI=1S/C15H17F4N5/c1-6(15(2,3)4)12-22-13(20)24-14(23-12)21-11-9(18)7(16)5-8(17)10(11)19/h5-6H,1-4H3,(H3,20,21,22,23,24). The Morgan fingerprint density at radius 2 is 1.54 bits per heavy atom. The van der Waals surface area contributed by atoms with Gasteiger partial charge >= 0.3 is 0 Å². The van der Waals surface area contributed by atoms with E-state index < -0.39 is 29.0 Å². The molecule has 0 aliphatic heterocycles. The Kier molecular flexibility index (Phi) is 4.63. The minimum Gasteiger partial charge on any atom is -0.368 e. The average molecular weight is 343 g/mol. The molecule has 130 valence electrons. The monoisotopic (exact) mass is 343 g/mol. The average Bonchev–Trinajstić information content (AvgIpc) is 2.47. The Bertz CT molecular complexity index is 747. The number of benzene rings is 1. The molecule has 1 aromatic heterocycles. The molecule has 0 amide bonds. The number of aromatic nitrogens is 3. The molecule has 0 aliphatic rings. The van der Waals surface area contributed by atoms with Gasteiger partial charge in [-0.3, -0.25) is 0 Å². The maximum Gasteiger partial charge on any atom is 0.232 e. The predicted molar refractivity (Wildman–Crippen MR) is 81.7 cm³/mol. The maximum absolute atomic E-state index is 13.7. The first kappa shape index (κ1) is 17.9. The highest BCUT2D eigenvalue weighted by atomic mass is 19.2. The lowest BCUT2D eigenvalue weighted by Crippen LogP contribution is -2.20. The van der Waals surface area contributed by atoms with Gasteiger partial charge in [-0.05, 0) is 5.41 Å². The number of nitrogens with zero attached hydrogens (tertiary/aromatic N) is 3. The third-order valence-electron chi connectivity index (χ3n) is 3.70. The van der Waals surface area contributed by atoms with Crippen molar-refractivity contribution in [1.82, 2.24) is 15.0 Å². The van der Waals surface area contributed by atoms with E-state index in [1.165, 1.54) is 0 Å². The molecule has 0 fully saturated rings. The lowest BCUT2D eigenvalue weighted by molar-refractivity contribution is 0.328. The molecule has 0 saturated heterocycles. The van der Waals surface area contributed by atoms with E-state index in [2.05, 4.69) is 20.3 Å². The van der Waals surface area contributed by atoms with Crippen molar-refractivity contribution in [3.8, 4) is 0 Å². The van der Waals surface area contributed by atoms with Crippen molar-refractivity contribution in [2.75, 3.05) is 11.1 Å². The zero-order valence-electron chi connectivity index (χ0n) is 13.6. The summed E-state index contributed by atoms with van der Waals surface area (Å²) in [5.74, 6) is -6.62. The predicted octanol–water partition coefficient (Wildman–Crippen LogP) is 3.90. The van der Waals surface area contributed by atoms with Gasteiger partial charge in [-0.2, -0.15) is 15.0 Å². The number of halogens is 4. The first-order valence-electron chi connectivity index (χ1n) is 7.12. The smallest absolute Gasteiger partial charge is 0.232 e. The van der Waals surface area contributed by atoms with Crippen LogP contribution in [-0.2, 0) is 0 Å². The summed E-state index contributed by atoms with van der Waals surface area (Å²) in [7, 11) is 0. The van der Waals surface area contributed by atoms with Crippen LogP contribution in [-0.4, -0.2) is 15.0 Å². The molecule has 1 heterocycles. The first-order chi connectivity index (χ1) is 11.0. The van der Waals surface area contributed by atoms with E-state index in [4.69, 9.17) is 5.73 Å². The summed E-state index contributed by atoms with van der Waals surface area (Å²) in [5.41, 5.74) is 4.34. The highest BCUT2D eigenvalue weighted by molar-refractivity contribution is 5.56. The number of nitrogen functional groups attached to an aromatic ring is 1. The number of anilines is 3. The molecule has 3 N–H and O–H groups in total. The van der Waals surface area contributed by atoms with Crippen LogP contribution in [0.25, 0.3) is 0 Å². The number of rotatable bonds is 3. The Hall–Kier alpha value is -2.45. The van der Waals surface area contributed by atoms with E-state index in [9.17, 15) is 17.6 Å². The summed E-state index contributed by atoms with van der Waals surface area (Å²) in [6.07, 6.45) is 0. The minimum atomic E-state index is -1.58. The highest BCUT2D eigenvalue weighted by Gasteiger charge is 2.26. The lowest BCUT2D eigenvalue weighted by atomic mass is 9.81. The third-order valence-corrected chi connectivity index (χ3v) is 3.70. The van der Waals surface area contributed by atoms with Gasteiger partial charge in [-0.15, -0.1) is 0 Å². The highest BCUT2D eigenvalue weighted by Crippen LogP contribution is 2.33. The SMILES string of the molecule is CC(c1nc(N)nc(Nc2c(F)c(F)cc(F)c2F)n1)C(C)(C)C. The van der Waals surface area contributed by atoms with E-state index in [1.54, 1.807) is 0 Å². The molecule has 24 heavy (non-hydrogen) atoms. The topological polar surface area (TPSA) is 76.7 Å². The molecule has 1 unspecified atom stereocenters. The van der Waals surface area contributed by atoms with Crippen LogP contribution in [0, 0.1) is 28.7 Å². The normalized spacial score (nSPS) is 13.0. The van der Waals surface area contributed by atoms with Crippen LogP contribution in [0.4, 0.5) is 35.1 Å². The van der Waals surface area contributed by atoms with Gasteiger partial charge in [0.25, 0.3) is 0 Å². The summed E-state index contributed by atoms with van der Waals surface area (Å²) < 4.78 is 54.0. The molecule has 2 aromatic rings. The van der Waals surface area contributed by atoms with Crippen LogP contribution >= 0.6 is 0 Å². The summed E-state index contributed by atoms with van der Waals surface area (Å²) in [5, 5.41) is 2.14. The van der Waals surface area contributed by atoms with Crippen molar-refractivity contribution in [2.24, 2.45) is 5.41 Å². The molecule has 0 aliphatic carbocycles. The Morgan fingerprint density at radius 1 is 1.00 bits per heavy atom. The quantitative estimate of drug-likeness (QED) is 0.653. The van der Waals surface area contributed by atoms with E-state index in [1.807, 2.05) is 27.7 Å². The van der Waals surface area contributed by atoms with Gasteiger partial charge < -0.3 is 11.1 Å². The first-order valence-corrected chi connectivity index (χ1v) is 7.12. The van der Waals surface area contributed by atoms with Crippen LogP contribution in [0.1, 0.15) is 39.4 Å². The molecule has 1 aromatic carbocycles. The van der Waals surface area contributed by atoms with E-state index in [0.29, 0.717) is 0 Å². The Balaban J connectivity index is 2.47. The van der Waals surface area contributed by atoms with Gasteiger partial charge in [0.15, 0.2) is 23.3 Å². The van der Waals surface area contributed by atoms with Gasteiger partial charge in [0, 0.05) is 12.0 Å². The maximum atomic E-state index is 13.7. The van der Waals surface area contributed by atoms with Crippen molar-refractivity contribution in [2.45, 2.75) is 33.6 Å². The van der Waals surface area contributed by atoms with Crippen LogP contribution in [0.5, 0.6) is 0 Å². The Labute approximate surface area is 136 Å². The number of nitrogens with two attached hydrogens (primary N) is 1. The van der Waals surface area contributed by atoms with Crippen molar-refractivity contribution < 1.29 is 17.6 Å². The molecule has 0 bridgehead atoms. The van der Waals surface area contributed by atoms with Gasteiger partial charge in [0.2, 0.25) is 11.9 Å². The largest absolute Gasteiger partial charge is 0.368 e. The van der Waals surface area contributed by atoms with Gasteiger partial charge in [-0.25, -0.2) is 17.6 Å². The third kappa shape index (κ3) is 3.55. The second kappa shape index (κ2) is 6.21. The van der Waals surface area contributed by atoms with E-state index >= 15 is 0 Å². The fourth-order valence-corrected chi connectivity index (χ4v) is 1.84. The lowest BCUT2D eigenvalue weighted by Gasteiger charge is -2.26. The van der Waals surface area contributed by atoms with Crippen molar-refractivity contribution in [1.29, 1.82) is 0 Å². The van der Waals surface area contributed by atoms with Gasteiger partial charge in [0.05, 0.1) is 0 Å². The second-order valence-corrected chi connectivity index (χ2v) is 6.43. The summed E-state index contributed by atoms with van der Waals surface area (Å²) >= 11 is 0.